The van der Waals surface area contributed by atoms with Crippen molar-refractivity contribution in [2.45, 2.75) is 39.7 Å². The van der Waals surface area contributed by atoms with Crippen LogP contribution < -0.4 is 0 Å². The van der Waals surface area contributed by atoms with E-state index >= 15 is 0 Å². The molecule has 1 aromatic heterocycles. The van der Waals surface area contributed by atoms with Crippen LogP contribution in [0.4, 0.5) is 0 Å². The Bertz CT molecular complexity index is 559. The highest BCUT2D eigenvalue weighted by Gasteiger charge is 2.28. The molecule has 0 N–H and O–H groups in total. The van der Waals surface area contributed by atoms with E-state index in [1.807, 2.05) is 43.3 Å². The Balaban J connectivity index is 2.40. The number of carbonyl (C=O) groups is 1. The van der Waals surface area contributed by atoms with Crippen LogP contribution in [0.3, 0.4) is 0 Å². The van der Waals surface area contributed by atoms with Gasteiger partial charge in [-0.3, -0.25) is 9.48 Å². The Labute approximate surface area is 120 Å². The minimum Gasteiger partial charge on any atom is -0.292 e. The summed E-state index contributed by atoms with van der Waals surface area (Å²) in [6.07, 6.45) is 2.68. The lowest BCUT2D eigenvalue weighted by atomic mass is 9.81. The van der Waals surface area contributed by atoms with Gasteiger partial charge in [-0.05, 0) is 24.5 Å². The molecular formula is C17H22N2O. The summed E-state index contributed by atoms with van der Waals surface area (Å²) in [5.41, 5.74) is 1.80. The van der Waals surface area contributed by atoms with Gasteiger partial charge in [0.1, 0.15) is 5.69 Å². The molecule has 0 aliphatic carbocycles. The molecule has 2 aromatic rings. The molecule has 0 aliphatic rings. The monoisotopic (exact) mass is 270 g/mol. The van der Waals surface area contributed by atoms with Crippen molar-refractivity contribution in [1.29, 1.82) is 0 Å². The van der Waals surface area contributed by atoms with E-state index in [0.29, 0.717) is 11.6 Å². The van der Waals surface area contributed by atoms with Crippen molar-refractivity contribution < 1.29 is 4.79 Å². The third-order valence-electron chi connectivity index (χ3n) is 3.92. The lowest BCUT2D eigenvalue weighted by Gasteiger charge is -2.22. The second-order valence-electron chi connectivity index (χ2n) is 5.17. The quantitative estimate of drug-likeness (QED) is 0.746. The standard InChI is InChI=1S/C17H22N2O/c1-4-13(3)16(14-9-7-6-8-10-14)17(20)15-11-12-18-19(15)5-2/h6-13,16H,4-5H2,1-3H3. The Morgan fingerprint density at radius 3 is 2.50 bits per heavy atom. The number of hydrogen-bond acceptors (Lipinski definition) is 2. The molecular weight excluding hydrogens is 248 g/mol. The lowest BCUT2D eigenvalue weighted by molar-refractivity contribution is 0.0921. The molecule has 0 amide bonds. The van der Waals surface area contributed by atoms with Gasteiger partial charge in [0.05, 0.1) is 5.92 Å². The average Bonchev–Trinajstić information content (AvgIpc) is 2.96. The fourth-order valence-electron chi connectivity index (χ4n) is 2.59. The van der Waals surface area contributed by atoms with Crippen molar-refractivity contribution >= 4 is 5.78 Å². The van der Waals surface area contributed by atoms with Gasteiger partial charge < -0.3 is 0 Å². The van der Waals surface area contributed by atoms with Crippen LogP contribution in [-0.4, -0.2) is 15.6 Å². The van der Waals surface area contributed by atoms with Crippen molar-refractivity contribution in [1.82, 2.24) is 9.78 Å². The van der Waals surface area contributed by atoms with E-state index in [1.165, 1.54) is 0 Å². The van der Waals surface area contributed by atoms with Crippen LogP contribution in [0.25, 0.3) is 0 Å². The summed E-state index contributed by atoms with van der Waals surface area (Å²) in [7, 11) is 0. The van der Waals surface area contributed by atoms with Crippen LogP contribution in [0.5, 0.6) is 0 Å². The Morgan fingerprint density at radius 2 is 1.90 bits per heavy atom. The molecule has 1 heterocycles. The number of ketones is 1. The van der Waals surface area contributed by atoms with Gasteiger partial charge in [-0.25, -0.2) is 0 Å². The number of hydrogen-bond donors (Lipinski definition) is 0. The molecule has 1 aromatic carbocycles. The molecule has 0 saturated carbocycles. The number of benzene rings is 1. The minimum absolute atomic E-state index is 0.0943. The summed E-state index contributed by atoms with van der Waals surface area (Å²) < 4.78 is 1.78. The topological polar surface area (TPSA) is 34.9 Å². The second kappa shape index (κ2) is 6.51. The highest BCUT2D eigenvalue weighted by atomic mass is 16.1. The van der Waals surface area contributed by atoms with Gasteiger partial charge in [-0.2, -0.15) is 5.10 Å². The Kier molecular flexibility index (Phi) is 4.72. The molecule has 2 rings (SSSR count). The van der Waals surface area contributed by atoms with E-state index in [1.54, 1.807) is 10.9 Å². The largest absolute Gasteiger partial charge is 0.292 e. The summed E-state index contributed by atoms with van der Waals surface area (Å²) in [5.74, 6) is 0.387. The van der Waals surface area contributed by atoms with Crippen molar-refractivity contribution in [3.63, 3.8) is 0 Å². The molecule has 0 radical (unpaired) electrons. The first-order valence-corrected chi connectivity index (χ1v) is 7.30. The lowest BCUT2D eigenvalue weighted by Crippen LogP contribution is -2.22. The van der Waals surface area contributed by atoms with Gasteiger partial charge in [-0.15, -0.1) is 0 Å². The first kappa shape index (κ1) is 14.5. The summed E-state index contributed by atoms with van der Waals surface area (Å²) in [5, 5.41) is 4.21. The van der Waals surface area contributed by atoms with E-state index in [2.05, 4.69) is 18.9 Å². The number of aryl methyl sites for hydroxylation is 1. The SMILES string of the molecule is CCC(C)C(C(=O)c1ccnn1CC)c1ccccc1. The maximum Gasteiger partial charge on any atom is 0.188 e. The van der Waals surface area contributed by atoms with Crippen LogP contribution in [-0.2, 0) is 6.54 Å². The number of aromatic nitrogens is 2. The summed E-state index contributed by atoms with van der Waals surface area (Å²) in [4.78, 5) is 12.9. The molecule has 0 fully saturated rings. The Morgan fingerprint density at radius 1 is 1.20 bits per heavy atom. The zero-order valence-corrected chi connectivity index (χ0v) is 12.4. The first-order valence-electron chi connectivity index (χ1n) is 7.30. The van der Waals surface area contributed by atoms with Crippen molar-refractivity contribution in [2.24, 2.45) is 5.92 Å². The molecule has 3 nitrogen and oxygen atoms in total. The summed E-state index contributed by atoms with van der Waals surface area (Å²) in [6, 6.07) is 11.9. The van der Waals surface area contributed by atoms with E-state index in [4.69, 9.17) is 0 Å². The van der Waals surface area contributed by atoms with E-state index in [0.717, 1.165) is 18.5 Å². The molecule has 3 heteroatoms. The van der Waals surface area contributed by atoms with E-state index in [-0.39, 0.29) is 11.7 Å². The van der Waals surface area contributed by atoms with Crippen molar-refractivity contribution in [3.05, 3.63) is 53.9 Å². The predicted octanol–water partition coefficient (Wildman–Crippen LogP) is 3.92. The number of Topliss-reactive ketones (excluding diaryl/α,β-unsaturated/α-hetero) is 1. The van der Waals surface area contributed by atoms with Crippen LogP contribution >= 0.6 is 0 Å². The smallest absolute Gasteiger partial charge is 0.188 e. The minimum atomic E-state index is -0.0943. The second-order valence-corrected chi connectivity index (χ2v) is 5.17. The normalized spacial score (nSPS) is 13.9. The van der Waals surface area contributed by atoms with E-state index < -0.39 is 0 Å². The zero-order valence-electron chi connectivity index (χ0n) is 12.4. The molecule has 106 valence electrons. The van der Waals surface area contributed by atoms with Gasteiger partial charge >= 0.3 is 0 Å². The molecule has 0 spiro atoms. The maximum absolute atomic E-state index is 12.9. The summed E-state index contributed by atoms with van der Waals surface area (Å²) >= 11 is 0. The molecule has 2 atom stereocenters. The average molecular weight is 270 g/mol. The van der Waals surface area contributed by atoms with Gasteiger partial charge in [0.25, 0.3) is 0 Å². The van der Waals surface area contributed by atoms with Gasteiger partial charge in [-0.1, -0.05) is 50.6 Å². The zero-order chi connectivity index (χ0) is 14.5. The van der Waals surface area contributed by atoms with Crippen LogP contribution in [0, 0.1) is 5.92 Å². The number of rotatable bonds is 6. The molecule has 20 heavy (non-hydrogen) atoms. The third-order valence-corrected chi connectivity index (χ3v) is 3.92. The molecule has 2 unspecified atom stereocenters. The number of nitrogens with zero attached hydrogens (tertiary/aromatic N) is 2. The fraction of sp³-hybridized carbons (Fsp3) is 0.412. The fourth-order valence-corrected chi connectivity index (χ4v) is 2.59. The molecule has 0 saturated heterocycles. The first-order chi connectivity index (χ1) is 9.69. The predicted molar refractivity (Wildman–Crippen MR) is 80.9 cm³/mol. The number of carbonyl (C=O) groups excluding carboxylic acids is 1. The molecule has 0 bridgehead atoms. The van der Waals surface area contributed by atoms with Gasteiger partial charge in [0.15, 0.2) is 5.78 Å². The molecule has 0 aliphatic heterocycles. The van der Waals surface area contributed by atoms with Crippen LogP contribution in [0.2, 0.25) is 0 Å². The van der Waals surface area contributed by atoms with E-state index in [9.17, 15) is 4.79 Å². The van der Waals surface area contributed by atoms with Gasteiger partial charge in [0.2, 0.25) is 0 Å². The highest BCUT2D eigenvalue weighted by Crippen LogP contribution is 2.30. The maximum atomic E-state index is 12.9. The highest BCUT2D eigenvalue weighted by molar-refractivity contribution is 5.99. The van der Waals surface area contributed by atoms with Gasteiger partial charge in [0, 0.05) is 12.7 Å². The Hall–Kier alpha value is -1.90. The van der Waals surface area contributed by atoms with Crippen molar-refractivity contribution in [2.75, 3.05) is 0 Å². The van der Waals surface area contributed by atoms with Crippen LogP contribution in [0.15, 0.2) is 42.6 Å². The summed E-state index contributed by atoms with van der Waals surface area (Å²) in [6.45, 7) is 6.99. The van der Waals surface area contributed by atoms with Crippen LogP contribution in [0.1, 0.15) is 49.2 Å². The third kappa shape index (κ3) is 2.82. The van der Waals surface area contributed by atoms with Crippen molar-refractivity contribution in [3.8, 4) is 0 Å².